The van der Waals surface area contributed by atoms with Gasteiger partial charge in [-0.2, -0.15) is 10.2 Å². The Hall–Kier alpha value is -3.28. The maximum atomic E-state index is 12.9. The number of hydrogen-bond acceptors (Lipinski definition) is 7. The summed E-state index contributed by atoms with van der Waals surface area (Å²) in [5.74, 6) is -0.925. The van der Waals surface area contributed by atoms with E-state index < -0.39 is 24.0 Å². The van der Waals surface area contributed by atoms with Crippen LogP contribution in [0.3, 0.4) is 0 Å². The van der Waals surface area contributed by atoms with Gasteiger partial charge in [0.25, 0.3) is 5.91 Å². The molecule has 9 heteroatoms. The number of rotatable bonds is 7. The zero-order valence-corrected chi connectivity index (χ0v) is 15.1. The molecule has 1 saturated carbocycles. The fourth-order valence-corrected chi connectivity index (χ4v) is 3.05. The van der Waals surface area contributed by atoms with Gasteiger partial charge in [-0.1, -0.05) is 5.16 Å². The first-order chi connectivity index (χ1) is 13.5. The van der Waals surface area contributed by atoms with Gasteiger partial charge in [0.05, 0.1) is 12.5 Å². The summed E-state index contributed by atoms with van der Waals surface area (Å²) in [6, 6.07) is 7.76. The molecular weight excluding hydrogens is 367 g/mol. The highest BCUT2D eigenvalue weighted by Gasteiger charge is 2.35. The van der Waals surface area contributed by atoms with Crippen molar-refractivity contribution in [3.63, 3.8) is 0 Å². The molecule has 2 aromatic rings. The highest BCUT2D eigenvalue weighted by Crippen LogP contribution is 2.28. The van der Waals surface area contributed by atoms with E-state index in [9.17, 15) is 19.2 Å². The molecule has 1 amide bonds. The molecule has 0 spiro atoms. The lowest BCUT2D eigenvalue weighted by Crippen LogP contribution is -2.46. The van der Waals surface area contributed by atoms with Crippen LogP contribution in [0, 0.1) is 17.1 Å². The monoisotopic (exact) mass is 386 g/mol. The van der Waals surface area contributed by atoms with Crippen LogP contribution in [-0.4, -0.2) is 34.2 Å². The lowest BCUT2D eigenvalue weighted by atomic mass is 10.00. The fraction of sp³-hybridized carbons (Fsp3) is 0.421. The number of carbonyl (C=O) groups is 2. The van der Waals surface area contributed by atoms with Crippen molar-refractivity contribution in [2.75, 3.05) is 6.61 Å². The number of aromatic nitrogens is 2. The van der Waals surface area contributed by atoms with Crippen molar-refractivity contribution in [3.05, 3.63) is 36.0 Å². The third-order valence-electron chi connectivity index (χ3n) is 4.53. The molecule has 3 rings (SSSR count). The second-order valence-electron chi connectivity index (χ2n) is 6.63. The summed E-state index contributed by atoms with van der Waals surface area (Å²) >= 11 is 0. The SMILES string of the molecule is N#CC1(NC(=O)COC(=O)CCc2nc(-c3ccc(F)cc3)no2)CCCC1. The number of aryl methyl sites for hydroxylation is 1. The molecule has 0 unspecified atom stereocenters. The van der Waals surface area contributed by atoms with Crippen molar-refractivity contribution >= 4 is 11.9 Å². The van der Waals surface area contributed by atoms with Crippen molar-refractivity contribution < 1.29 is 23.2 Å². The number of nitrogens with zero attached hydrogens (tertiary/aromatic N) is 3. The highest BCUT2D eigenvalue weighted by atomic mass is 19.1. The Bertz CT molecular complexity index is 882. The van der Waals surface area contributed by atoms with Gasteiger partial charge in [-0.15, -0.1) is 0 Å². The molecule has 0 atom stereocenters. The zero-order valence-electron chi connectivity index (χ0n) is 15.1. The number of ether oxygens (including phenoxy) is 1. The Morgan fingerprint density at radius 2 is 2.00 bits per heavy atom. The summed E-state index contributed by atoms with van der Waals surface area (Å²) < 4.78 is 22.9. The van der Waals surface area contributed by atoms with Gasteiger partial charge in [-0.3, -0.25) is 9.59 Å². The van der Waals surface area contributed by atoms with Gasteiger partial charge in [0.2, 0.25) is 11.7 Å². The van der Waals surface area contributed by atoms with E-state index in [1.807, 2.05) is 0 Å². The van der Waals surface area contributed by atoms with Crippen LogP contribution >= 0.6 is 0 Å². The highest BCUT2D eigenvalue weighted by molar-refractivity contribution is 5.81. The van der Waals surface area contributed by atoms with Gasteiger partial charge in [-0.05, 0) is 49.9 Å². The van der Waals surface area contributed by atoms with Gasteiger partial charge in [-0.25, -0.2) is 4.39 Å². The third kappa shape index (κ3) is 4.91. The smallest absolute Gasteiger partial charge is 0.306 e. The Morgan fingerprint density at radius 1 is 1.29 bits per heavy atom. The van der Waals surface area contributed by atoms with Crippen LogP contribution in [0.25, 0.3) is 11.4 Å². The number of nitriles is 1. The van der Waals surface area contributed by atoms with E-state index in [0.717, 1.165) is 12.8 Å². The molecule has 1 fully saturated rings. The van der Waals surface area contributed by atoms with Gasteiger partial charge in [0.15, 0.2) is 6.61 Å². The van der Waals surface area contributed by atoms with Crippen molar-refractivity contribution in [2.24, 2.45) is 0 Å². The predicted molar refractivity (Wildman–Crippen MR) is 93.9 cm³/mol. The van der Waals surface area contributed by atoms with Crippen LogP contribution in [-0.2, 0) is 20.7 Å². The van der Waals surface area contributed by atoms with Crippen molar-refractivity contribution in [1.29, 1.82) is 5.26 Å². The van der Waals surface area contributed by atoms with Crippen LogP contribution in [0.15, 0.2) is 28.8 Å². The Labute approximate surface area is 160 Å². The Kier molecular flexibility index (Phi) is 5.99. The van der Waals surface area contributed by atoms with E-state index in [1.54, 1.807) is 0 Å². The average Bonchev–Trinajstić information content (AvgIpc) is 3.35. The molecule has 1 N–H and O–H groups in total. The number of amides is 1. The number of benzene rings is 1. The normalized spacial score (nSPS) is 15.0. The summed E-state index contributed by atoms with van der Waals surface area (Å²) in [5, 5.41) is 15.7. The molecule has 1 heterocycles. The number of hydrogen-bond donors (Lipinski definition) is 1. The van der Waals surface area contributed by atoms with Crippen LogP contribution in [0.2, 0.25) is 0 Å². The van der Waals surface area contributed by atoms with Gasteiger partial charge in [0.1, 0.15) is 11.4 Å². The standard InChI is InChI=1S/C19H19FN4O4/c20-14-5-3-13(4-6-14)18-22-16(28-24-18)7-8-17(26)27-11-15(25)23-19(12-21)9-1-2-10-19/h3-6H,1-2,7-11H2,(H,23,25). The second-order valence-corrected chi connectivity index (χ2v) is 6.63. The molecule has 1 aliphatic carbocycles. The molecule has 1 aromatic heterocycles. The first-order valence-corrected chi connectivity index (χ1v) is 8.96. The van der Waals surface area contributed by atoms with Crippen molar-refractivity contribution in [2.45, 2.75) is 44.1 Å². The predicted octanol–water partition coefficient (Wildman–Crippen LogP) is 2.30. The molecule has 0 saturated heterocycles. The zero-order chi connectivity index (χ0) is 20.0. The molecular formula is C19H19FN4O4. The quantitative estimate of drug-likeness (QED) is 0.725. The van der Waals surface area contributed by atoms with Crippen LogP contribution in [0.1, 0.15) is 38.0 Å². The third-order valence-corrected chi connectivity index (χ3v) is 4.53. The topological polar surface area (TPSA) is 118 Å². The van der Waals surface area contributed by atoms with E-state index in [1.165, 1.54) is 24.3 Å². The van der Waals surface area contributed by atoms with Gasteiger partial charge < -0.3 is 14.6 Å². The molecule has 1 aliphatic rings. The van der Waals surface area contributed by atoms with E-state index in [0.29, 0.717) is 24.2 Å². The number of nitrogens with one attached hydrogen (secondary N) is 1. The lowest BCUT2D eigenvalue weighted by molar-refractivity contribution is -0.149. The van der Waals surface area contributed by atoms with Gasteiger partial charge >= 0.3 is 5.97 Å². The summed E-state index contributed by atoms with van der Waals surface area (Å²) in [5.41, 5.74) is -0.252. The summed E-state index contributed by atoms with van der Waals surface area (Å²) in [6.07, 6.45) is 3.10. The van der Waals surface area contributed by atoms with E-state index in [4.69, 9.17) is 9.26 Å². The molecule has 0 bridgehead atoms. The lowest BCUT2D eigenvalue weighted by Gasteiger charge is -2.21. The number of esters is 1. The molecule has 8 nitrogen and oxygen atoms in total. The second kappa shape index (κ2) is 8.61. The first-order valence-electron chi connectivity index (χ1n) is 8.96. The minimum absolute atomic E-state index is 0.0400. The molecule has 28 heavy (non-hydrogen) atoms. The average molecular weight is 386 g/mol. The fourth-order valence-electron chi connectivity index (χ4n) is 3.05. The minimum Gasteiger partial charge on any atom is -0.456 e. The Balaban J connectivity index is 1.43. The molecule has 146 valence electrons. The van der Waals surface area contributed by atoms with E-state index >= 15 is 0 Å². The van der Waals surface area contributed by atoms with Gasteiger partial charge in [0, 0.05) is 12.0 Å². The summed E-state index contributed by atoms with van der Waals surface area (Å²) in [7, 11) is 0. The van der Waals surface area contributed by atoms with Crippen molar-refractivity contribution in [3.8, 4) is 17.5 Å². The Morgan fingerprint density at radius 3 is 2.68 bits per heavy atom. The van der Waals surface area contributed by atoms with Crippen LogP contribution < -0.4 is 5.32 Å². The van der Waals surface area contributed by atoms with Crippen molar-refractivity contribution in [1.82, 2.24) is 15.5 Å². The first kappa shape index (κ1) is 19.5. The summed E-state index contributed by atoms with van der Waals surface area (Å²) in [4.78, 5) is 27.9. The number of halogens is 1. The largest absolute Gasteiger partial charge is 0.456 e. The van der Waals surface area contributed by atoms with Crippen LogP contribution in [0.5, 0.6) is 0 Å². The summed E-state index contributed by atoms with van der Waals surface area (Å²) in [6.45, 7) is -0.438. The molecule has 0 radical (unpaired) electrons. The van der Waals surface area contributed by atoms with Crippen LogP contribution in [0.4, 0.5) is 4.39 Å². The minimum atomic E-state index is -0.843. The maximum absolute atomic E-state index is 12.9. The number of carbonyl (C=O) groups excluding carboxylic acids is 2. The maximum Gasteiger partial charge on any atom is 0.306 e. The molecule has 0 aliphatic heterocycles. The van der Waals surface area contributed by atoms with E-state index in [-0.39, 0.29) is 24.5 Å². The van der Waals surface area contributed by atoms with E-state index in [2.05, 4.69) is 21.5 Å². The molecule has 1 aromatic carbocycles.